The lowest BCUT2D eigenvalue weighted by molar-refractivity contribution is -0.113. The van der Waals surface area contributed by atoms with Gasteiger partial charge in [0.05, 0.1) is 11.3 Å². The third kappa shape index (κ3) is 5.54. The number of aromatic nitrogens is 3. The van der Waals surface area contributed by atoms with E-state index in [1.165, 1.54) is 11.8 Å². The predicted molar refractivity (Wildman–Crippen MR) is 121 cm³/mol. The number of allylic oxidation sites excluding steroid dienone is 1. The molecule has 1 heterocycles. The number of thioether (sulfide) groups is 1. The summed E-state index contributed by atoms with van der Waals surface area (Å²) in [5.41, 5.74) is 1.04. The summed E-state index contributed by atoms with van der Waals surface area (Å²) in [5, 5.41) is 22.7. The fourth-order valence-corrected chi connectivity index (χ4v) is 4.16. The van der Waals surface area contributed by atoms with E-state index in [0.717, 1.165) is 4.47 Å². The highest BCUT2D eigenvalue weighted by atomic mass is 79.9. The van der Waals surface area contributed by atoms with E-state index in [1.807, 2.05) is 0 Å². The summed E-state index contributed by atoms with van der Waals surface area (Å²) >= 11 is 16.5. The van der Waals surface area contributed by atoms with Gasteiger partial charge in [-0.05, 0) is 36.4 Å². The number of phenols is 1. The highest BCUT2D eigenvalue weighted by Crippen LogP contribution is 2.33. The number of nitrogens with one attached hydrogen (secondary N) is 1. The molecule has 2 aromatic carbocycles. The number of aromatic hydroxyl groups is 1. The van der Waals surface area contributed by atoms with Gasteiger partial charge in [0, 0.05) is 26.8 Å². The van der Waals surface area contributed by atoms with Gasteiger partial charge in [0.2, 0.25) is 5.91 Å². The molecule has 0 aliphatic carbocycles. The van der Waals surface area contributed by atoms with Gasteiger partial charge in [-0.25, -0.2) is 0 Å². The maximum Gasteiger partial charge on any atom is 0.234 e. The average Bonchev–Trinajstić information content (AvgIpc) is 3.04. The molecule has 0 aliphatic rings. The molecule has 3 aromatic rings. The summed E-state index contributed by atoms with van der Waals surface area (Å²) in [4.78, 5) is 12.3. The van der Waals surface area contributed by atoms with E-state index in [-0.39, 0.29) is 17.4 Å². The van der Waals surface area contributed by atoms with Gasteiger partial charge in [-0.1, -0.05) is 57.0 Å². The Hall–Kier alpha value is -2.00. The highest BCUT2D eigenvalue weighted by Gasteiger charge is 2.18. The zero-order chi connectivity index (χ0) is 21.0. The smallest absolute Gasteiger partial charge is 0.234 e. The average molecular weight is 514 g/mol. The fraction of sp³-hybridized carbons (Fsp3) is 0.105. The van der Waals surface area contributed by atoms with Gasteiger partial charge in [0.15, 0.2) is 11.0 Å². The van der Waals surface area contributed by atoms with Crippen LogP contribution in [0.3, 0.4) is 0 Å². The number of hydrogen-bond acceptors (Lipinski definition) is 5. The van der Waals surface area contributed by atoms with Crippen LogP contribution in [-0.4, -0.2) is 31.5 Å². The third-order valence-corrected chi connectivity index (χ3v) is 5.60. The van der Waals surface area contributed by atoms with Gasteiger partial charge in [-0.15, -0.1) is 16.8 Å². The van der Waals surface area contributed by atoms with Crippen molar-refractivity contribution in [2.75, 3.05) is 11.1 Å². The van der Waals surface area contributed by atoms with Crippen molar-refractivity contribution < 1.29 is 9.90 Å². The molecule has 0 aliphatic heterocycles. The Bertz CT molecular complexity index is 1050. The predicted octanol–water partition coefficient (Wildman–Crippen LogP) is 5.64. The monoisotopic (exact) mass is 512 g/mol. The molecule has 2 N–H and O–H groups in total. The lowest BCUT2D eigenvalue weighted by atomic mass is 10.2. The molecule has 1 aromatic heterocycles. The number of carbonyl (C=O) groups is 1. The number of rotatable bonds is 7. The molecule has 1 amide bonds. The Morgan fingerprint density at radius 2 is 1.97 bits per heavy atom. The lowest BCUT2D eigenvalue weighted by Gasteiger charge is -2.10. The van der Waals surface area contributed by atoms with Gasteiger partial charge in [0.1, 0.15) is 5.75 Å². The minimum Gasteiger partial charge on any atom is -0.507 e. The van der Waals surface area contributed by atoms with Gasteiger partial charge in [0.25, 0.3) is 0 Å². The lowest BCUT2D eigenvalue weighted by Crippen LogP contribution is -2.14. The van der Waals surface area contributed by atoms with E-state index in [1.54, 1.807) is 47.0 Å². The van der Waals surface area contributed by atoms with Crippen LogP contribution in [0.25, 0.3) is 11.4 Å². The van der Waals surface area contributed by atoms with E-state index >= 15 is 0 Å². The summed E-state index contributed by atoms with van der Waals surface area (Å²) in [5.74, 6) is 0.420. The van der Waals surface area contributed by atoms with Crippen LogP contribution in [0.2, 0.25) is 10.0 Å². The molecule has 0 fully saturated rings. The van der Waals surface area contributed by atoms with Crippen LogP contribution in [0.5, 0.6) is 5.75 Å². The molecule has 0 unspecified atom stereocenters. The van der Waals surface area contributed by atoms with Crippen molar-refractivity contribution >= 4 is 62.5 Å². The molecule has 150 valence electrons. The second-order valence-electron chi connectivity index (χ2n) is 5.86. The maximum absolute atomic E-state index is 12.3. The molecule has 0 atom stereocenters. The number of phenolic OH excluding ortho intramolecular Hbond substituents is 1. The molecule has 0 spiro atoms. The molecule has 0 saturated heterocycles. The minimum atomic E-state index is -0.242. The number of amides is 1. The topological polar surface area (TPSA) is 80.0 Å². The van der Waals surface area contributed by atoms with Gasteiger partial charge in [-0.3, -0.25) is 9.36 Å². The Kier molecular flexibility index (Phi) is 7.23. The van der Waals surface area contributed by atoms with Crippen LogP contribution in [0.4, 0.5) is 5.69 Å². The molecule has 0 saturated carbocycles. The normalized spacial score (nSPS) is 10.7. The van der Waals surface area contributed by atoms with Crippen molar-refractivity contribution in [1.29, 1.82) is 0 Å². The first-order chi connectivity index (χ1) is 13.9. The number of carbonyl (C=O) groups excluding carboxylic acids is 1. The number of anilines is 1. The number of hydrogen-bond donors (Lipinski definition) is 2. The second kappa shape index (κ2) is 9.67. The van der Waals surface area contributed by atoms with Crippen molar-refractivity contribution in [2.24, 2.45) is 0 Å². The van der Waals surface area contributed by atoms with Gasteiger partial charge >= 0.3 is 0 Å². The molecule has 0 radical (unpaired) electrons. The SMILES string of the molecule is C=CCn1c(SCC(=O)Nc2cc(Cl)cc(Cl)c2)nnc1-c1cc(Br)ccc1O. The molecule has 3 rings (SSSR count). The number of nitrogens with zero attached hydrogens (tertiary/aromatic N) is 3. The van der Waals surface area contributed by atoms with Crippen molar-refractivity contribution in [3.05, 3.63) is 63.6 Å². The summed E-state index contributed by atoms with van der Waals surface area (Å²) in [7, 11) is 0. The summed E-state index contributed by atoms with van der Waals surface area (Å²) in [6.07, 6.45) is 1.69. The Labute approximate surface area is 190 Å². The van der Waals surface area contributed by atoms with Crippen molar-refractivity contribution in [3.63, 3.8) is 0 Å². The van der Waals surface area contributed by atoms with Crippen LogP contribution >= 0.6 is 50.9 Å². The standard InChI is InChI=1S/C19H15BrCl2N4O2S/c1-2-5-26-18(15-6-11(20)3-4-16(15)27)24-25-19(26)29-10-17(28)23-14-8-12(21)7-13(22)9-14/h2-4,6-9,27H,1,5,10H2,(H,23,28). The molecular formula is C19H15BrCl2N4O2S. The zero-order valence-corrected chi connectivity index (χ0v) is 18.8. The summed E-state index contributed by atoms with van der Waals surface area (Å²) in [6.45, 7) is 4.18. The molecule has 10 heteroatoms. The second-order valence-corrected chi connectivity index (χ2v) is 8.59. The summed E-state index contributed by atoms with van der Waals surface area (Å²) in [6, 6.07) is 9.87. The molecular weight excluding hydrogens is 499 g/mol. The van der Waals surface area contributed by atoms with Crippen LogP contribution in [0.15, 0.2) is 58.7 Å². The zero-order valence-electron chi connectivity index (χ0n) is 14.9. The minimum absolute atomic E-state index is 0.0815. The van der Waals surface area contributed by atoms with E-state index in [9.17, 15) is 9.90 Å². The first-order valence-corrected chi connectivity index (χ1v) is 10.8. The van der Waals surface area contributed by atoms with Gasteiger partial charge in [-0.2, -0.15) is 0 Å². The first kappa shape index (κ1) is 21.7. The van der Waals surface area contributed by atoms with E-state index in [2.05, 4.69) is 38.0 Å². The van der Waals surface area contributed by atoms with Crippen LogP contribution in [0.1, 0.15) is 0 Å². The summed E-state index contributed by atoms with van der Waals surface area (Å²) < 4.78 is 2.58. The van der Waals surface area contributed by atoms with Crippen molar-refractivity contribution in [3.8, 4) is 17.1 Å². The highest BCUT2D eigenvalue weighted by molar-refractivity contribution is 9.10. The molecule has 0 bridgehead atoms. The van der Waals surface area contributed by atoms with E-state index in [4.69, 9.17) is 23.2 Å². The quantitative estimate of drug-likeness (QED) is 0.316. The van der Waals surface area contributed by atoms with Gasteiger partial charge < -0.3 is 10.4 Å². The van der Waals surface area contributed by atoms with Crippen LogP contribution in [0, 0.1) is 0 Å². The Morgan fingerprint density at radius 3 is 2.66 bits per heavy atom. The van der Waals surface area contributed by atoms with Crippen LogP contribution in [-0.2, 0) is 11.3 Å². The van der Waals surface area contributed by atoms with E-state index in [0.29, 0.717) is 38.8 Å². The van der Waals surface area contributed by atoms with E-state index < -0.39 is 0 Å². The largest absolute Gasteiger partial charge is 0.507 e. The third-order valence-electron chi connectivity index (χ3n) is 3.71. The van der Waals surface area contributed by atoms with Crippen molar-refractivity contribution in [2.45, 2.75) is 11.7 Å². The maximum atomic E-state index is 12.3. The first-order valence-electron chi connectivity index (χ1n) is 8.29. The van der Waals surface area contributed by atoms with Crippen LogP contribution < -0.4 is 5.32 Å². The molecule has 29 heavy (non-hydrogen) atoms. The fourth-order valence-electron chi connectivity index (χ4n) is 2.53. The Morgan fingerprint density at radius 1 is 1.24 bits per heavy atom. The number of benzene rings is 2. The van der Waals surface area contributed by atoms with Crippen molar-refractivity contribution in [1.82, 2.24) is 14.8 Å². The Balaban J connectivity index is 1.77. The molecule has 6 nitrogen and oxygen atoms in total. The number of halogens is 3.